The number of ether oxygens (including phenoxy) is 2. The molecule has 0 radical (unpaired) electrons. The summed E-state index contributed by atoms with van der Waals surface area (Å²) in [7, 11) is -3.36. The van der Waals surface area contributed by atoms with Crippen molar-refractivity contribution in [3.8, 4) is 17.0 Å². The summed E-state index contributed by atoms with van der Waals surface area (Å²) < 4.78 is 68.4. The van der Waals surface area contributed by atoms with Crippen LogP contribution in [-0.2, 0) is 25.9 Å². The Morgan fingerprint density at radius 1 is 1.07 bits per heavy atom. The molecule has 0 aliphatic heterocycles. The molecule has 9 nitrogen and oxygen atoms in total. The number of rotatable bonds is 10. The average Bonchev–Trinajstić information content (AvgIpc) is 2.93. The van der Waals surface area contributed by atoms with Gasteiger partial charge < -0.3 is 14.6 Å². The summed E-state index contributed by atoms with van der Waals surface area (Å²) in [4.78, 5) is 19.8. The Morgan fingerprint density at radius 3 is 2.45 bits per heavy atom. The molecule has 0 fully saturated rings. The Balaban J connectivity index is 1.91. The molecule has 0 amide bonds. The van der Waals surface area contributed by atoms with E-state index in [4.69, 9.17) is 9.47 Å². The maximum absolute atomic E-state index is 15.2. The predicted octanol–water partition coefficient (Wildman–Crippen LogP) is 4.20. The van der Waals surface area contributed by atoms with Gasteiger partial charge in [-0.3, -0.25) is 9.36 Å². The van der Waals surface area contributed by atoms with Gasteiger partial charge in [-0.15, -0.1) is 0 Å². The van der Waals surface area contributed by atoms with E-state index >= 15 is 4.39 Å². The molecule has 2 aromatic carbocycles. The van der Waals surface area contributed by atoms with Crippen molar-refractivity contribution >= 4 is 9.84 Å². The van der Waals surface area contributed by atoms with E-state index in [-0.39, 0.29) is 42.3 Å². The van der Waals surface area contributed by atoms with Gasteiger partial charge in [0.05, 0.1) is 17.5 Å². The maximum atomic E-state index is 15.2. The van der Waals surface area contributed by atoms with Crippen molar-refractivity contribution in [2.45, 2.75) is 36.3 Å². The molecule has 2 aromatic heterocycles. The van der Waals surface area contributed by atoms with Crippen molar-refractivity contribution in [3.63, 3.8) is 0 Å². The smallest absolute Gasteiger partial charge is 0.277 e. The summed E-state index contributed by atoms with van der Waals surface area (Å²) >= 11 is 0. The number of hydrogen-bond acceptors (Lipinski definition) is 8. The second kappa shape index (κ2) is 12.0. The van der Waals surface area contributed by atoms with Crippen LogP contribution in [0.15, 0.2) is 75.4 Å². The topological polar surface area (TPSA) is 121 Å². The van der Waals surface area contributed by atoms with Gasteiger partial charge >= 0.3 is 0 Å². The predicted molar refractivity (Wildman–Crippen MR) is 142 cm³/mol. The molecule has 210 valence electrons. The fourth-order valence-corrected chi connectivity index (χ4v) is 5.71. The standard InChI is InChI=1S/C28H27F2N3O6S/c1-4-39-16-24-32-27(34)25(28(35)33(24)23(15-38-3)18-8-6-5-7-9-18)40(36,37)19-10-11-21(22(29)14-19)20-12-13-31-26(30)17(20)2/h5-14,23,34H,4,15-16H2,1-3H3. The lowest BCUT2D eigenvalue weighted by atomic mass is 10.0. The minimum absolute atomic E-state index is 0.0223. The third-order valence-electron chi connectivity index (χ3n) is 6.34. The molecule has 0 spiro atoms. The number of hydrogen-bond donors (Lipinski definition) is 1. The summed E-state index contributed by atoms with van der Waals surface area (Å²) in [6, 6.07) is 12.3. The number of aromatic nitrogens is 3. The average molecular weight is 572 g/mol. The molecule has 1 N–H and O–H groups in total. The summed E-state index contributed by atoms with van der Waals surface area (Å²) in [5, 5.41) is 10.7. The van der Waals surface area contributed by atoms with E-state index in [1.165, 1.54) is 26.3 Å². The highest BCUT2D eigenvalue weighted by Crippen LogP contribution is 2.32. The largest absolute Gasteiger partial charge is 0.492 e. The Kier molecular flexibility index (Phi) is 8.72. The second-order valence-electron chi connectivity index (χ2n) is 8.79. The second-order valence-corrected chi connectivity index (χ2v) is 10.7. The van der Waals surface area contributed by atoms with Crippen molar-refractivity contribution in [1.29, 1.82) is 0 Å². The van der Waals surface area contributed by atoms with E-state index < -0.39 is 48.9 Å². The number of nitrogens with zero attached hydrogens (tertiary/aromatic N) is 3. The number of benzene rings is 2. The van der Waals surface area contributed by atoms with Crippen molar-refractivity contribution < 1.29 is 31.8 Å². The van der Waals surface area contributed by atoms with Gasteiger partial charge in [0, 0.05) is 31.0 Å². The van der Waals surface area contributed by atoms with Gasteiger partial charge in [0.15, 0.2) is 4.90 Å². The van der Waals surface area contributed by atoms with Crippen molar-refractivity contribution in [2.75, 3.05) is 20.3 Å². The van der Waals surface area contributed by atoms with Crippen LogP contribution in [0, 0.1) is 18.7 Å². The van der Waals surface area contributed by atoms with Crippen LogP contribution in [0.2, 0.25) is 0 Å². The van der Waals surface area contributed by atoms with Crippen LogP contribution < -0.4 is 5.56 Å². The highest BCUT2D eigenvalue weighted by molar-refractivity contribution is 7.91. The number of aromatic hydroxyl groups is 1. The minimum atomic E-state index is -4.78. The van der Waals surface area contributed by atoms with E-state index in [9.17, 15) is 22.7 Å². The molecular formula is C28H27F2N3O6S. The molecule has 1 atom stereocenters. The van der Waals surface area contributed by atoms with Gasteiger partial charge in [-0.2, -0.15) is 9.37 Å². The third-order valence-corrected chi connectivity index (χ3v) is 8.11. The monoisotopic (exact) mass is 571 g/mol. The third kappa shape index (κ3) is 5.51. The van der Waals surface area contributed by atoms with Crippen LogP contribution in [0.3, 0.4) is 0 Å². The highest BCUT2D eigenvalue weighted by atomic mass is 32.2. The summed E-state index contributed by atoms with van der Waals surface area (Å²) in [5.41, 5.74) is -0.253. The quantitative estimate of drug-likeness (QED) is 0.281. The van der Waals surface area contributed by atoms with E-state index in [2.05, 4.69) is 9.97 Å². The van der Waals surface area contributed by atoms with Gasteiger partial charge in [-0.1, -0.05) is 36.4 Å². The van der Waals surface area contributed by atoms with Gasteiger partial charge in [-0.05, 0) is 43.2 Å². The molecule has 0 saturated heterocycles. The molecule has 0 aliphatic carbocycles. The first-order valence-corrected chi connectivity index (χ1v) is 13.7. The van der Waals surface area contributed by atoms with Crippen LogP contribution in [-0.4, -0.2) is 48.4 Å². The van der Waals surface area contributed by atoms with Gasteiger partial charge in [0.1, 0.15) is 18.2 Å². The lowest BCUT2D eigenvalue weighted by molar-refractivity contribution is 0.116. The van der Waals surface area contributed by atoms with Gasteiger partial charge in [0.2, 0.25) is 21.7 Å². The van der Waals surface area contributed by atoms with Crippen molar-refractivity contribution in [2.24, 2.45) is 0 Å². The van der Waals surface area contributed by atoms with Gasteiger partial charge in [-0.25, -0.2) is 17.8 Å². The number of methoxy groups -OCH3 is 1. The zero-order valence-corrected chi connectivity index (χ0v) is 22.8. The first-order valence-electron chi connectivity index (χ1n) is 12.2. The van der Waals surface area contributed by atoms with Crippen LogP contribution in [0.1, 0.15) is 29.9 Å². The molecule has 12 heteroatoms. The Morgan fingerprint density at radius 2 is 1.80 bits per heavy atom. The van der Waals surface area contributed by atoms with Crippen LogP contribution in [0.4, 0.5) is 8.78 Å². The Hall–Kier alpha value is -4.00. The molecule has 0 bridgehead atoms. The van der Waals surface area contributed by atoms with Crippen molar-refractivity contribution in [1.82, 2.24) is 14.5 Å². The first kappa shape index (κ1) is 29.0. The number of sulfone groups is 1. The molecule has 0 aliphatic rings. The lowest BCUT2D eigenvalue weighted by Crippen LogP contribution is -2.35. The maximum Gasteiger partial charge on any atom is 0.277 e. The summed E-state index contributed by atoms with van der Waals surface area (Å²) in [5.74, 6) is -2.83. The molecule has 2 heterocycles. The lowest BCUT2D eigenvalue weighted by Gasteiger charge is -2.23. The van der Waals surface area contributed by atoms with Crippen molar-refractivity contribution in [3.05, 3.63) is 99.9 Å². The van der Waals surface area contributed by atoms with Gasteiger partial charge in [0.25, 0.3) is 5.56 Å². The summed E-state index contributed by atoms with van der Waals surface area (Å²) in [6.45, 7) is 3.19. The Labute approximate surface area is 229 Å². The SMILES string of the molecule is CCOCc1nc(O)c(S(=O)(=O)c2ccc(-c3ccnc(F)c3C)c(F)c2)c(=O)n1C(COC)c1ccccc1. The zero-order chi connectivity index (χ0) is 29.0. The fourth-order valence-electron chi connectivity index (χ4n) is 4.35. The molecule has 4 aromatic rings. The Bertz CT molecular complexity index is 1690. The number of pyridine rings is 1. The van der Waals surface area contributed by atoms with Crippen LogP contribution in [0.5, 0.6) is 5.88 Å². The molecular weight excluding hydrogens is 544 g/mol. The molecule has 0 saturated carbocycles. The summed E-state index contributed by atoms with van der Waals surface area (Å²) in [6.07, 6.45) is 1.17. The molecule has 4 rings (SSSR count). The first-order chi connectivity index (χ1) is 19.1. The van der Waals surface area contributed by atoms with E-state index in [0.717, 1.165) is 16.7 Å². The van der Waals surface area contributed by atoms with E-state index in [1.807, 2.05) is 0 Å². The normalized spacial score (nSPS) is 12.4. The van der Waals surface area contributed by atoms with E-state index in [1.54, 1.807) is 37.3 Å². The highest BCUT2D eigenvalue weighted by Gasteiger charge is 2.32. The molecule has 1 unspecified atom stereocenters. The number of halogens is 2. The van der Waals surface area contributed by atoms with E-state index in [0.29, 0.717) is 11.6 Å². The zero-order valence-electron chi connectivity index (χ0n) is 22.0. The van der Waals surface area contributed by atoms with Crippen LogP contribution >= 0.6 is 0 Å². The minimum Gasteiger partial charge on any atom is -0.492 e. The fraction of sp³-hybridized carbons (Fsp3) is 0.250. The molecule has 40 heavy (non-hydrogen) atoms. The van der Waals surface area contributed by atoms with Crippen LogP contribution in [0.25, 0.3) is 11.1 Å².